The average Bonchev–Trinajstić information content (AvgIpc) is 3.23. The lowest BCUT2D eigenvalue weighted by Crippen LogP contribution is -2.40. The van der Waals surface area contributed by atoms with E-state index in [1.165, 1.54) is 58.0 Å². The van der Waals surface area contributed by atoms with Crippen LogP contribution >= 0.6 is 0 Å². The van der Waals surface area contributed by atoms with E-state index in [1.807, 2.05) is 0 Å². The van der Waals surface area contributed by atoms with Crippen molar-refractivity contribution in [2.24, 2.45) is 11.3 Å². The van der Waals surface area contributed by atoms with Crippen LogP contribution in [0, 0.1) is 11.3 Å². The lowest BCUT2D eigenvalue weighted by atomic mass is 9.69. The third kappa shape index (κ3) is 4.46. The predicted molar refractivity (Wildman–Crippen MR) is 83.5 cm³/mol. The van der Waals surface area contributed by atoms with Gasteiger partial charge in [0.05, 0.1) is 0 Å². The molecule has 0 saturated heterocycles. The highest BCUT2D eigenvalue weighted by atomic mass is 15.2. The largest absolute Gasteiger partial charge is 0.313 e. The van der Waals surface area contributed by atoms with Crippen molar-refractivity contribution in [3.05, 3.63) is 0 Å². The molecule has 2 aliphatic rings. The lowest BCUT2D eigenvalue weighted by molar-refractivity contribution is 0.136. The maximum Gasteiger partial charge on any atom is 0.0107 e. The second kappa shape index (κ2) is 6.58. The molecule has 0 spiro atoms. The maximum absolute atomic E-state index is 3.78. The van der Waals surface area contributed by atoms with Gasteiger partial charge in [0.2, 0.25) is 0 Å². The first kappa shape index (κ1) is 15.3. The van der Waals surface area contributed by atoms with Crippen LogP contribution in [0.15, 0.2) is 0 Å². The van der Waals surface area contributed by atoms with Crippen molar-refractivity contribution in [1.82, 2.24) is 10.2 Å². The summed E-state index contributed by atoms with van der Waals surface area (Å²) in [7, 11) is 2.28. The summed E-state index contributed by atoms with van der Waals surface area (Å²) in [4.78, 5) is 2.53. The maximum atomic E-state index is 3.78. The van der Waals surface area contributed by atoms with Crippen molar-refractivity contribution < 1.29 is 0 Å². The molecule has 2 fully saturated rings. The van der Waals surface area contributed by atoms with E-state index in [2.05, 4.69) is 38.0 Å². The zero-order valence-electron chi connectivity index (χ0n) is 13.5. The first-order chi connectivity index (χ1) is 9.03. The SMILES string of the molecule is CCC(C)(C)C1CCC(NCCN(C)C2CC2)CC1. The van der Waals surface area contributed by atoms with Crippen molar-refractivity contribution >= 4 is 0 Å². The Balaban J connectivity index is 1.60. The lowest BCUT2D eigenvalue weighted by Gasteiger charge is -2.39. The highest BCUT2D eigenvalue weighted by molar-refractivity contribution is 4.86. The van der Waals surface area contributed by atoms with E-state index < -0.39 is 0 Å². The van der Waals surface area contributed by atoms with E-state index in [-0.39, 0.29) is 0 Å². The summed E-state index contributed by atoms with van der Waals surface area (Å²) in [6.45, 7) is 9.66. The molecule has 0 bridgehead atoms. The van der Waals surface area contributed by atoms with Crippen molar-refractivity contribution in [1.29, 1.82) is 0 Å². The Kier molecular flexibility index (Phi) is 5.30. The predicted octanol–water partition coefficient (Wildman–Crippen LogP) is 3.67. The van der Waals surface area contributed by atoms with Gasteiger partial charge in [0.25, 0.3) is 0 Å². The monoisotopic (exact) mass is 266 g/mol. The summed E-state index contributed by atoms with van der Waals surface area (Å²) in [6.07, 6.45) is 9.81. The van der Waals surface area contributed by atoms with Gasteiger partial charge in [-0.2, -0.15) is 0 Å². The molecule has 2 saturated carbocycles. The van der Waals surface area contributed by atoms with Crippen LogP contribution < -0.4 is 5.32 Å². The van der Waals surface area contributed by atoms with Gasteiger partial charge in [-0.05, 0) is 56.9 Å². The van der Waals surface area contributed by atoms with Crippen LogP contribution in [0.3, 0.4) is 0 Å². The molecule has 112 valence electrons. The van der Waals surface area contributed by atoms with Crippen LogP contribution in [0.4, 0.5) is 0 Å². The van der Waals surface area contributed by atoms with Gasteiger partial charge >= 0.3 is 0 Å². The molecule has 0 aromatic heterocycles. The fraction of sp³-hybridized carbons (Fsp3) is 1.00. The fourth-order valence-electron chi connectivity index (χ4n) is 3.51. The first-order valence-electron chi connectivity index (χ1n) is 8.46. The fourth-order valence-corrected chi connectivity index (χ4v) is 3.51. The zero-order valence-corrected chi connectivity index (χ0v) is 13.5. The van der Waals surface area contributed by atoms with Crippen LogP contribution in [0.25, 0.3) is 0 Å². The van der Waals surface area contributed by atoms with Crippen LogP contribution in [-0.4, -0.2) is 37.1 Å². The van der Waals surface area contributed by atoms with Gasteiger partial charge < -0.3 is 10.2 Å². The molecule has 2 heteroatoms. The highest BCUT2D eigenvalue weighted by Gasteiger charge is 2.31. The van der Waals surface area contributed by atoms with Gasteiger partial charge in [0, 0.05) is 25.2 Å². The summed E-state index contributed by atoms with van der Waals surface area (Å²) >= 11 is 0. The molecule has 1 N–H and O–H groups in total. The van der Waals surface area contributed by atoms with Crippen LogP contribution in [0.5, 0.6) is 0 Å². The van der Waals surface area contributed by atoms with Crippen LogP contribution in [0.2, 0.25) is 0 Å². The van der Waals surface area contributed by atoms with Crippen molar-refractivity contribution in [3.8, 4) is 0 Å². The number of nitrogens with zero attached hydrogens (tertiary/aromatic N) is 1. The number of likely N-dealkylation sites (N-methyl/N-ethyl adjacent to an activating group) is 1. The van der Waals surface area contributed by atoms with Gasteiger partial charge in [0.1, 0.15) is 0 Å². The quantitative estimate of drug-likeness (QED) is 0.756. The third-order valence-corrected chi connectivity index (χ3v) is 5.81. The molecule has 19 heavy (non-hydrogen) atoms. The molecule has 0 unspecified atom stereocenters. The molecule has 0 amide bonds. The molecule has 2 aliphatic carbocycles. The molecule has 0 aliphatic heterocycles. The second-order valence-corrected chi connectivity index (χ2v) is 7.56. The third-order valence-electron chi connectivity index (χ3n) is 5.81. The minimum absolute atomic E-state index is 0.553. The summed E-state index contributed by atoms with van der Waals surface area (Å²) < 4.78 is 0. The number of hydrogen-bond acceptors (Lipinski definition) is 2. The summed E-state index contributed by atoms with van der Waals surface area (Å²) in [5.74, 6) is 0.949. The number of hydrogen-bond donors (Lipinski definition) is 1. The normalized spacial score (nSPS) is 28.9. The first-order valence-corrected chi connectivity index (χ1v) is 8.46. The Hall–Kier alpha value is -0.0800. The number of rotatable bonds is 7. The van der Waals surface area contributed by atoms with Crippen molar-refractivity contribution in [2.75, 3.05) is 20.1 Å². The average molecular weight is 266 g/mol. The van der Waals surface area contributed by atoms with Gasteiger partial charge in [-0.25, -0.2) is 0 Å². The van der Waals surface area contributed by atoms with Crippen LogP contribution in [-0.2, 0) is 0 Å². The van der Waals surface area contributed by atoms with Crippen molar-refractivity contribution in [2.45, 2.75) is 77.8 Å². The molecular weight excluding hydrogens is 232 g/mol. The molecule has 0 atom stereocenters. The Morgan fingerprint density at radius 2 is 1.68 bits per heavy atom. The number of nitrogens with one attached hydrogen (secondary N) is 1. The molecule has 0 radical (unpaired) electrons. The second-order valence-electron chi connectivity index (χ2n) is 7.56. The molecule has 0 aromatic rings. The Labute approximate surface area is 120 Å². The molecule has 2 nitrogen and oxygen atoms in total. The zero-order chi connectivity index (χ0) is 13.9. The summed E-state index contributed by atoms with van der Waals surface area (Å²) in [5.41, 5.74) is 0.553. The molecule has 2 rings (SSSR count). The topological polar surface area (TPSA) is 15.3 Å². The van der Waals surface area contributed by atoms with Crippen LogP contribution in [0.1, 0.15) is 65.7 Å². The van der Waals surface area contributed by atoms with E-state index in [1.54, 1.807) is 0 Å². The van der Waals surface area contributed by atoms with E-state index >= 15 is 0 Å². The summed E-state index contributed by atoms with van der Waals surface area (Å²) in [5, 5.41) is 3.78. The molecule has 0 heterocycles. The van der Waals surface area contributed by atoms with Crippen molar-refractivity contribution in [3.63, 3.8) is 0 Å². The van der Waals surface area contributed by atoms with E-state index in [0.29, 0.717) is 5.41 Å². The standard InChI is InChI=1S/C17H34N2/c1-5-17(2,3)14-6-8-15(9-7-14)18-12-13-19(4)16-10-11-16/h14-16,18H,5-13H2,1-4H3. The van der Waals surface area contributed by atoms with E-state index in [4.69, 9.17) is 0 Å². The Morgan fingerprint density at radius 1 is 1.05 bits per heavy atom. The smallest absolute Gasteiger partial charge is 0.0107 e. The van der Waals surface area contributed by atoms with Gasteiger partial charge in [0.15, 0.2) is 0 Å². The minimum atomic E-state index is 0.553. The molecular formula is C17H34N2. The summed E-state index contributed by atoms with van der Waals surface area (Å²) in [6, 6.07) is 1.69. The Bertz CT molecular complexity index is 262. The highest BCUT2D eigenvalue weighted by Crippen LogP contribution is 2.40. The molecule has 0 aromatic carbocycles. The minimum Gasteiger partial charge on any atom is -0.313 e. The van der Waals surface area contributed by atoms with Gasteiger partial charge in [-0.3, -0.25) is 0 Å². The van der Waals surface area contributed by atoms with E-state index in [9.17, 15) is 0 Å². The van der Waals surface area contributed by atoms with Gasteiger partial charge in [-0.1, -0.05) is 27.2 Å². The van der Waals surface area contributed by atoms with E-state index in [0.717, 1.165) is 18.0 Å². The Morgan fingerprint density at radius 3 is 2.21 bits per heavy atom. The van der Waals surface area contributed by atoms with Gasteiger partial charge in [-0.15, -0.1) is 0 Å².